The SMILES string of the molecule is [AlH3].[B].[Ce].[Nb].[SiH4].[Ti].[W]. The zero-order valence-corrected chi connectivity index (χ0v) is 12.3. The van der Waals surface area contributed by atoms with Gasteiger partial charge in [0.2, 0.25) is 0 Å². The first-order chi connectivity index (χ1) is 0. The normalized spacial score (nSPS) is 0. The Morgan fingerprint density at radius 2 is 1.00 bits per heavy atom. The summed E-state index contributed by atoms with van der Waals surface area (Å²) in [7, 11) is 0. The van der Waals surface area contributed by atoms with Crippen LogP contribution in [0.3, 0.4) is 0 Å². The summed E-state index contributed by atoms with van der Waals surface area (Å²) in [5.74, 6) is 0. The summed E-state index contributed by atoms with van der Waals surface area (Å²) in [6.45, 7) is 0. The van der Waals surface area contributed by atoms with E-state index >= 15 is 0 Å². The predicted octanol–water partition coefficient (Wildman–Crippen LogP) is -3.02. The van der Waals surface area contributed by atoms with Crippen molar-refractivity contribution in [3.8, 4) is 0 Å². The minimum Gasteiger partial charge on any atom is -0.0149 e. The van der Waals surface area contributed by atoms with Crippen LogP contribution >= 0.6 is 0 Å². The smallest absolute Gasteiger partial charge is 0.0149 e. The van der Waals surface area contributed by atoms with Gasteiger partial charge in [0.05, 0.1) is 0 Å². The van der Waals surface area contributed by atoms with Crippen LogP contribution in [-0.4, -0.2) is 36.7 Å². The molecule has 4 radical (unpaired) electrons. The summed E-state index contributed by atoms with van der Waals surface area (Å²) >= 11 is 0. The molecule has 7 heavy (non-hydrogen) atoms. The second-order valence-corrected chi connectivity index (χ2v) is 0. The molecule has 0 atom stereocenters. The molecule has 0 aromatic rings. The molecule has 0 aromatic heterocycles. The van der Waals surface area contributed by atoms with Crippen LogP contribution < -0.4 is 0 Å². The molecule has 0 saturated carbocycles. The predicted molar refractivity (Wildman–Crippen MR) is 27.0 cm³/mol. The minimum absolute atomic E-state index is 0. The Kier molecular flexibility index (Phi) is 441. The first-order valence-electron chi connectivity index (χ1n) is 0. The molecule has 0 spiro atoms. The Bertz CT molecular complexity index is 19.7. The molecule has 7 heteroatoms. The number of rotatable bonds is 0. The molecular formula is H7AlBCeNbSiTiW. The van der Waals surface area contributed by atoms with Gasteiger partial charge < -0.3 is 0 Å². The Hall–Kier alpha value is 4.33. The first-order valence-corrected chi connectivity index (χ1v) is 0. The van der Waals surface area contributed by atoms with E-state index in [4.69, 9.17) is 0 Å². The number of hydrogen-bond acceptors (Lipinski definition) is 0. The number of hydrogen-bond donors (Lipinski definition) is 0. The van der Waals surface area contributed by atoms with E-state index in [0.717, 1.165) is 0 Å². The molecule has 0 heterocycles. The van der Waals surface area contributed by atoms with Crippen molar-refractivity contribution in [2.45, 2.75) is 0 Å². The first kappa shape index (κ1) is 64.4. The fourth-order valence-corrected chi connectivity index (χ4v) is 0. The Morgan fingerprint density at radius 3 is 1.00 bits per heavy atom. The zero-order valence-electron chi connectivity index (χ0n) is 2.43. The van der Waals surface area contributed by atoms with Crippen molar-refractivity contribution in [1.29, 1.82) is 0 Å². The fourth-order valence-electron chi connectivity index (χ4n) is 0. The average molecular weight is 538 g/mol. The summed E-state index contributed by atoms with van der Waals surface area (Å²) in [5.41, 5.74) is 0. The van der Waals surface area contributed by atoms with Crippen molar-refractivity contribution in [2.75, 3.05) is 0 Å². The Balaban J connectivity index is 0. The van der Waals surface area contributed by atoms with Crippen LogP contribution in [-0.2, 0) is 65.2 Å². The maximum absolute atomic E-state index is 0. The molecule has 0 aliphatic carbocycles. The average Bonchev–Trinajstić information content (AvgIpc) is 0. The standard InChI is InChI=1S/Al.B.Ce.Nb.H4Si.Ti.W.3H/h;;;;1H4;;;;;. The Labute approximate surface area is 140 Å². The molecule has 0 rings (SSSR count). The second kappa shape index (κ2) is 47.9. The van der Waals surface area contributed by atoms with Crippen LogP contribution in [0.15, 0.2) is 0 Å². The van der Waals surface area contributed by atoms with E-state index in [1.54, 1.807) is 0 Å². The summed E-state index contributed by atoms with van der Waals surface area (Å²) < 4.78 is 0. The van der Waals surface area contributed by atoms with Crippen LogP contribution in [0, 0.1) is 41.7 Å². The third kappa shape index (κ3) is 38.2. The Morgan fingerprint density at radius 1 is 1.00 bits per heavy atom. The molecule has 0 nitrogen and oxygen atoms in total. The van der Waals surface area contributed by atoms with Gasteiger partial charge in [0.25, 0.3) is 0 Å². The maximum Gasteiger partial charge on any atom is 0.187 e. The van der Waals surface area contributed by atoms with Crippen molar-refractivity contribution >= 4 is 36.7 Å². The molecule has 0 aliphatic heterocycles. The molecule has 0 fully saturated rings. The van der Waals surface area contributed by atoms with Crippen molar-refractivity contribution in [2.24, 2.45) is 0 Å². The fraction of sp³-hybridized carbons (Fsp3) is 0. The van der Waals surface area contributed by atoms with Gasteiger partial charge in [0.15, 0.2) is 17.4 Å². The molecule has 0 amide bonds. The third-order valence-corrected chi connectivity index (χ3v) is 0. The van der Waals surface area contributed by atoms with E-state index in [0.29, 0.717) is 0 Å². The van der Waals surface area contributed by atoms with Gasteiger partial charge in [-0.2, -0.15) is 0 Å². The molecular weight excluding hydrogens is 531 g/mol. The van der Waals surface area contributed by atoms with Crippen molar-refractivity contribution in [1.82, 2.24) is 0 Å². The van der Waals surface area contributed by atoms with Gasteiger partial charge in [-0.1, -0.05) is 0 Å². The largest absolute Gasteiger partial charge is 0.187 e. The van der Waals surface area contributed by atoms with Gasteiger partial charge in [-0.25, -0.2) is 0 Å². The summed E-state index contributed by atoms with van der Waals surface area (Å²) in [4.78, 5) is 0. The van der Waals surface area contributed by atoms with Crippen molar-refractivity contribution in [3.05, 3.63) is 0 Å². The monoisotopic (exact) mass is 538 g/mol. The third-order valence-electron chi connectivity index (χ3n) is 0. The van der Waals surface area contributed by atoms with Crippen molar-refractivity contribution in [3.63, 3.8) is 0 Å². The zero-order chi connectivity index (χ0) is 0. The molecule has 0 aromatic carbocycles. The van der Waals surface area contributed by atoms with E-state index in [2.05, 4.69) is 0 Å². The van der Waals surface area contributed by atoms with E-state index in [1.807, 2.05) is 0 Å². The maximum atomic E-state index is 0. The van der Waals surface area contributed by atoms with Crippen LogP contribution in [0.25, 0.3) is 0 Å². The molecule has 36 valence electrons. The molecule has 0 bridgehead atoms. The molecule has 0 unspecified atom stereocenters. The van der Waals surface area contributed by atoms with Crippen LogP contribution in [0.2, 0.25) is 0 Å². The van der Waals surface area contributed by atoms with E-state index < -0.39 is 0 Å². The second-order valence-electron chi connectivity index (χ2n) is 0. The van der Waals surface area contributed by atoms with Gasteiger partial charge in [0, 0.05) is 115 Å². The van der Waals surface area contributed by atoms with Gasteiger partial charge >= 0.3 is 0 Å². The van der Waals surface area contributed by atoms with Crippen molar-refractivity contribution < 1.29 is 107 Å². The quantitative estimate of drug-likeness (QED) is 0.289. The van der Waals surface area contributed by atoms with Crippen LogP contribution in [0.5, 0.6) is 0 Å². The topological polar surface area (TPSA) is 0 Å². The van der Waals surface area contributed by atoms with E-state index in [-0.39, 0.29) is 144 Å². The minimum atomic E-state index is 0. The summed E-state index contributed by atoms with van der Waals surface area (Å²) in [5, 5.41) is 0. The van der Waals surface area contributed by atoms with Gasteiger partial charge in [0.1, 0.15) is 0 Å². The van der Waals surface area contributed by atoms with Gasteiger partial charge in [-0.15, -0.1) is 0 Å². The van der Waals surface area contributed by atoms with Gasteiger partial charge in [-0.3, -0.25) is 0 Å². The van der Waals surface area contributed by atoms with E-state index in [1.165, 1.54) is 0 Å². The van der Waals surface area contributed by atoms with Crippen LogP contribution in [0.4, 0.5) is 0 Å². The molecule has 0 aliphatic rings. The summed E-state index contributed by atoms with van der Waals surface area (Å²) in [6, 6.07) is 0. The van der Waals surface area contributed by atoms with Crippen LogP contribution in [0.1, 0.15) is 0 Å². The van der Waals surface area contributed by atoms with E-state index in [9.17, 15) is 0 Å². The van der Waals surface area contributed by atoms with Gasteiger partial charge in [-0.05, 0) is 11.0 Å². The molecule has 0 saturated heterocycles. The summed E-state index contributed by atoms with van der Waals surface area (Å²) in [6.07, 6.45) is 0. The molecule has 0 N–H and O–H groups in total.